The quantitative estimate of drug-likeness (QED) is 0.492. The Labute approximate surface area is 53.2 Å². The normalized spacial score (nSPS) is 3.00. The standard InChI is InChI=1S/Al.2ClH.Fe.O/h;2*1H;;/q+1;;;+1;/p-2. The average Bonchev–Trinajstić information content (AvgIpc) is 1.46. The van der Waals surface area contributed by atoms with E-state index in [-0.39, 0.29) is 0 Å². The molecule has 5 heteroatoms. The van der Waals surface area contributed by atoms with Crippen LogP contribution >= 0.6 is 20.1 Å². The molecule has 0 radical (unpaired) electrons. The molecule has 0 aromatic carbocycles. The van der Waals surface area contributed by atoms with Crippen molar-refractivity contribution >= 4 is 34.4 Å². The van der Waals surface area contributed by atoms with Gasteiger partial charge in [-0.05, 0) is 0 Å². The van der Waals surface area contributed by atoms with E-state index in [1.54, 1.807) is 0 Å². The maximum absolute atomic E-state index is 8.78. The Morgan fingerprint density at radius 1 is 1.60 bits per heavy atom. The Balaban J connectivity index is 0. The maximum atomic E-state index is 8.78. The van der Waals surface area contributed by atoms with Gasteiger partial charge in [0.1, 0.15) is 0 Å². The Morgan fingerprint density at radius 3 is 1.60 bits per heavy atom. The fourth-order valence-electron chi connectivity index (χ4n) is 0. The molecule has 0 saturated heterocycles. The van der Waals surface area contributed by atoms with Gasteiger partial charge in [0.15, 0.2) is 0 Å². The fraction of sp³-hybridized carbons (Fsp3) is 0. The van der Waals surface area contributed by atoms with Gasteiger partial charge in [-0.3, -0.25) is 0 Å². The van der Waals surface area contributed by atoms with Gasteiger partial charge in [0.2, 0.25) is 0 Å². The SMILES string of the molecule is [Cl][Fe].[O]=[Al][Cl]. The topological polar surface area (TPSA) is 17.1 Å². The van der Waals surface area contributed by atoms with E-state index in [2.05, 4.69) is 35.2 Å². The van der Waals surface area contributed by atoms with Crippen molar-refractivity contribution in [2.45, 2.75) is 0 Å². The second-order valence-electron chi connectivity index (χ2n) is 0.0891. The molecular weight excluding hydrogens is 170 g/mol. The third kappa shape index (κ3) is 31.2. The fourth-order valence-corrected chi connectivity index (χ4v) is 0. The number of hydrogen-bond acceptors (Lipinski definition) is 1. The van der Waals surface area contributed by atoms with E-state index in [1.807, 2.05) is 0 Å². The molecule has 0 aliphatic heterocycles. The Kier molecular flexibility index (Phi) is 34.9. The van der Waals surface area contributed by atoms with Crippen LogP contribution in [0.15, 0.2) is 0 Å². The first-order valence-electron chi connectivity index (χ1n) is 0.588. The van der Waals surface area contributed by atoms with Gasteiger partial charge >= 0.3 is 53.3 Å². The van der Waals surface area contributed by atoms with E-state index in [1.165, 1.54) is 0 Å². The summed E-state index contributed by atoms with van der Waals surface area (Å²) in [5, 5.41) is 0. The number of rotatable bonds is 0. The molecule has 0 atom stereocenters. The van der Waals surface area contributed by atoms with Crippen LogP contribution in [0.5, 0.6) is 0 Å². The zero-order valence-corrected chi connectivity index (χ0v) is 5.87. The van der Waals surface area contributed by atoms with Crippen LogP contribution in [0.25, 0.3) is 0 Å². The zero-order valence-electron chi connectivity index (χ0n) is 2.10. The summed E-state index contributed by atoms with van der Waals surface area (Å²) in [7, 11) is 8.92. The third-order valence-electron chi connectivity index (χ3n) is 0. The van der Waals surface area contributed by atoms with Gasteiger partial charge in [0.05, 0.1) is 0 Å². The second-order valence-corrected chi connectivity index (χ2v) is 0.802. The average molecular weight is 170 g/mol. The van der Waals surface area contributed by atoms with Crippen molar-refractivity contribution in [2.75, 3.05) is 0 Å². The molecule has 0 amide bonds. The monoisotopic (exact) mass is 169 g/mol. The molecule has 0 aliphatic carbocycles. The molecule has 0 aliphatic rings. The molecule has 0 aromatic heterocycles. The molecule has 0 aromatic rings. The van der Waals surface area contributed by atoms with E-state index in [9.17, 15) is 0 Å². The first-order chi connectivity index (χ1) is 2.41. The molecule has 0 saturated carbocycles. The molecule has 0 rings (SSSR count). The molecule has 0 unspecified atom stereocenters. The van der Waals surface area contributed by atoms with Gasteiger partial charge < -0.3 is 0 Å². The van der Waals surface area contributed by atoms with Crippen LogP contribution in [0.3, 0.4) is 0 Å². The summed E-state index contributed by atoms with van der Waals surface area (Å²) in [6.45, 7) is 0. The number of halogens is 2. The van der Waals surface area contributed by atoms with E-state index in [0.29, 0.717) is 0 Å². The van der Waals surface area contributed by atoms with Crippen molar-refractivity contribution in [1.82, 2.24) is 0 Å². The van der Waals surface area contributed by atoms with E-state index >= 15 is 0 Å². The van der Waals surface area contributed by atoms with Crippen LogP contribution in [0.1, 0.15) is 0 Å². The van der Waals surface area contributed by atoms with Crippen LogP contribution in [0.4, 0.5) is 0 Å². The predicted octanol–water partition coefficient (Wildman–Crippen LogP) is 0.877. The van der Waals surface area contributed by atoms with Crippen molar-refractivity contribution in [3.63, 3.8) is 0 Å². The summed E-state index contributed by atoms with van der Waals surface area (Å²) in [6, 6.07) is 0. The van der Waals surface area contributed by atoms with Gasteiger partial charge in [0.25, 0.3) is 0 Å². The summed E-state index contributed by atoms with van der Waals surface area (Å²) >= 11 is 1.69. The van der Waals surface area contributed by atoms with Gasteiger partial charge in [-0.15, -0.1) is 0 Å². The van der Waals surface area contributed by atoms with Gasteiger partial charge in [-0.2, -0.15) is 0 Å². The molecular formula is AlCl2FeO. The van der Waals surface area contributed by atoms with Crippen molar-refractivity contribution in [3.8, 4) is 0 Å². The molecule has 31 valence electrons. The minimum atomic E-state index is -1.03. The van der Waals surface area contributed by atoms with Crippen LogP contribution in [-0.4, -0.2) is 14.2 Å². The second kappa shape index (κ2) is 18.0. The summed E-state index contributed by atoms with van der Waals surface area (Å²) in [5.41, 5.74) is 0. The molecule has 1 nitrogen and oxygen atoms in total. The molecule has 0 bridgehead atoms. The van der Waals surface area contributed by atoms with E-state index in [0.717, 1.165) is 0 Å². The van der Waals surface area contributed by atoms with Crippen molar-refractivity contribution in [1.29, 1.82) is 0 Å². The molecule has 0 fully saturated rings. The Bertz CT molecular complexity index is 17.1. The third-order valence-corrected chi connectivity index (χ3v) is 0. The van der Waals surface area contributed by atoms with E-state index < -0.39 is 14.2 Å². The molecule has 5 heavy (non-hydrogen) atoms. The molecule has 0 spiro atoms. The van der Waals surface area contributed by atoms with Crippen molar-refractivity contribution in [2.24, 2.45) is 0 Å². The number of hydrogen-bond donors (Lipinski definition) is 0. The predicted molar refractivity (Wildman–Crippen MR) is 18.1 cm³/mol. The van der Waals surface area contributed by atoms with Gasteiger partial charge in [0, 0.05) is 0 Å². The minimum absolute atomic E-state index is 1.03. The first-order valence-corrected chi connectivity index (χ1v) is 4.32. The zero-order chi connectivity index (χ0) is 4.71. The van der Waals surface area contributed by atoms with Crippen LogP contribution in [0.2, 0.25) is 0 Å². The van der Waals surface area contributed by atoms with Crippen LogP contribution in [0, 0.1) is 0 Å². The van der Waals surface area contributed by atoms with E-state index in [4.69, 9.17) is 3.80 Å². The summed E-state index contributed by atoms with van der Waals surface area (Å²) in [6.07, 6.45) is 0. The summed E-state index contributed by atoms with van der Waals surface area (Å²) < 4.78 is 8.78. The molecule has 0 heterocycles. The van der Waals surface area contributed by atoms with Crippen molar-refractivity contribution in [3.05, 3.63) is 0 Å². The van der Waals surface area contributed by atoms with Crippen LogP contribution < -0.4 is 0 Å². The molecule has 0 N–H and O–H groups in total. The van der Waals surface area contributed by atoms with Crippen molar-refractivity contribution < 1.29 is 18.9 Å². The van der Waals surface area contributed by atoms with Gasteiger partial charge in [-0.1, -0.05) is 0 Å². The summed E-state index contributed by atoms with van der Waals surface area (Å²) in [4.78, 5) is 0. The first kappa shape index (κ1) is 9.66. The Hall–Kier alpha value is 1.43. The van der Waals surface area contributed by atoms with Crippen LogP contribution in [-0.2, 0) is 18.9 Å². The summed E-state index contributed by atoms with van der Waals surface area (Å²) in [5.74, 6) is 0. The van der Waals surface area contributed by atoms with Gasteiger partial charge in [-0.25, -0.2) is 0 Å². The Morgan fingerprint density at radius 2 is 1.60 bits per heavy atom.